The summed E-state index contributed by atoms with van der Waals surface area (Å²) in [7, 11) is -2.88. The molecule has 1 aliphatic rings. The third kappa shape index (κ3) is 8.23. The van der Waals surface area contributed by atoms with Gasteiger partial charge in [0.05, 0.1) is 18.3 Å². The maximum Gasteiger partial charge on any atom is 0.271 e. The van der Waals surface area contributed by atoms with Crippen LogP contribution < -0.4 is 14.4 Å². The first kappa shape index (κ1) is 32.4. The van der Waals surface area contributed by atoms with E-state index in [1.807, 2.05) is 0 Å². The molecule has 0 bridgehead atoms. The van der Waals surface area contributed by atoms with Crippen molar-refractivity contribution in [1.82, 2.24) is 10.2 Å². The second-order valence-electron chi connectivity index (χ2n) is 9.87. The van der Waals surface area contributed by atoms with E-state index < -0.39 is 33.4 Å². The van der Waals surface area contributed by atoms with E-state index in [1.165, 1.54) is 24.1 Å². The highest BCUT2D eigenvalue weighted by Crippen LogP contribution is 2.34. The second-order valence-corrected chi connectivity index (χ2v) is 12.6. The number of non-ortho nitro benzene ring substituents is 1. The quantitative estimate of drug-likeness (QED) is 0.259. The fourth-order valence-corrected chi connectivity index (χ4v) is 6.26. The van der Waals surface area contributed by atoms with Crippen molar-refractivity contribution in [2.24, 2.45) is 0 Å². The molecule has 11 nitrogen and oxygen atoms in total. The van der Waals surface area contributed by atoms with Crippen LogP contribution in [0.5, 0.6) is 5.75 Å². The minimum Gasteiger partial charge on any atom is -0.495 e. The van der Waals surface area contributed by atoms with Gasteiger partial charge in [-0.1, -0.05) is 55.5 Å². The Kier molecular flexibility index (Phi) is 11.2. The van der Waals surface area contributed by atoms with E-state index >= 15 is 0 Å². The zero-order chi connectivity index (χ0) is 30.3. The van der Waals surface area contributed by atoms with E-state index in [-0.39, 0.29) is 52.1 Å². The Morgan fingerprint density at radius 1 is 1.15 bits per heavy atom. The van der Waals surface area contributed by atoms with Gasteiger partial charge in [0.2, 0.25) is 21.8 Å². The van der Waals surface area contributed by atoms with E-state index in [4.69, 9.17) is 27.9 Å². The molecule has 2 aromatic carbocycles. The van der Waals surface area contributed by atoms with Crippen LogP contribution >= 0.6 is 23.2 Å². The number of ether oxygens (including phenoxy) is 1. The van der Waals surface area contributed by atoms with E-state index in [1.54, 1.807) is 25.1 Å². The highest BCUT2D eigenvalue weighted by atomic mass is 35.5. The number of anilines is 1. The number of nitrogens with zero attached hydrogens (tertiary/aromatic N) is 3. The van der Waals surface area contributed by atoms with E-state index in [9.17, 15) is 28.1 Å². The Morgan fingerprint density at radius 3 is 2.32 bits per heavy atom. The summed E-state index contributed by atoms with van der Waals surface area (Å²) in [5.74, 6) is -1.09. The van der Waals surface area contributed by atoms with E-state index in [0.717, 1.165) is 48.7 Å². The van der Waals surface area contributed by atoms with Gasteiger partial charge in [-0.15, -0.1) is 0 Å². The molecule has 41 heavy (non-hydrogen) atoms. The van der Waals surface area contributed by atoms with E-state index in [2.05, 4.69) is 5.32 Å². The summed E-state index contributed by atoms with van der Waals surface area (Å²) in [6.45, 7) is 0.820. The molecule has 3 rings (SSSR count). The number of carbonyl (C=O) groups is 2. The van der Waals surface area contributed by atoms with E-state index in [0.29, 0.717) is 5.56 Å². The van der Waals surface area contributed by atoms with Gasteiger partial charge >= 0.3 is 0 Å². The predicted octanol–water partition coefficient (Wildman–Crippen LogP) is 4.93. The number of halogens is 2. The highest BCUT2D eigenvalue weighted by molar-refractivity contribution is 7.92. The Hall–Kier alpha value is -3.09. The third-order valence-corrected chi connectivity index (χ3v) is 8.88. The fraction of sp³-hybridized carbons (Fsp3) is 0.481. The van der Waals surface area contributed by atoms with Crippen LogP contribution in [0.4, 0.5) is 11.4 Å². The lowest BCUT2D eigenvalue weighted by atomic mass is 9.95. The predicted molar refractivity (Wildman–Crippen MR) is 158 cm³/mol. The molecule has 0 aromatic heterocycles. The molecule has 0 saturated heterocycles. The van der Waals surface area contributed by atoms with Crippen molar-refractivity contribution in [3.63, 3.8) is 0 Å². The number of nitro groups is 1. The summed E-state index contributed by atoms with van der Waals surface area (Å²) in [6.07, 6.45) is 5.86. The lowest BCUT2D eigenvalue weighted by molar-refractivity contribution is -0.384. The highest BCUT2D eigenvalue weighted by Gasteiger charge is 2.34. The van der Waals surface area contributed by atoms with Gasteiger partial charge in [-0.05, 0) is 37.5 Å². The van der Waals surface area contributed by atoms with Gasteiger partial charge in [-0.25, -0.2) is 8.42 Å². The largest absolute Gasteiger partial charge is 0.495 e. The Balaban J connectivity index is 2.04. The molecule has 0 heterocycles. The van der Waals surface area contributed by atoms with Crippen molar-refractivity contribution in [2.75, 3.05) is 24.2 Å². The third-order valence-electron chi connectivity index (χ3n) is 7.05. The minimum atomic E-state index is -4.16. The summed E-state index contributed by atoms with van der Waals surface area (Å²) in [5, 5.41) is 15.0. The number of amides is 2. The number of nitrogens with one attached hydrogen (secondary N) is 1. The zero-order valence-electron chi connectivity index (χ0n) is 23.1. The summed E-state index contributed by atoms with van der Waals surface area (Å²) >= 11 is 12.8. The molecule has 1 aliphatic carbocycles. The number of benzene rings is 2. The van der Waals surface area contributed by atoms with Crippen LogP contribution in [0.15, 0.2) is 36.4 Å². The first-order valence-electron chi connectivity index (χ1n) is 13.2. The molecule has 0 radical (unpaired) electrons. The number of carbonyl (C=O) groups excluding carboxylic acids is 2. The van der Waals surface area contributed by atoms with Crippen molar-refractivity contribution in [2.45, 2.75) is 64.1 Å². The average Bonchev–Trinajstić information content (AvgIpc) is 2.92. The first-order chi connectivity index (χ1) is 19.4. The Labute approximate surface area is 249 Å². The minimum absolute atomic E-state index is 0.0107. The molecule has 0 aliphatic heterocycles. The molecular weight excluding hydrogens is 595 g/mol. The summed E-state index contributed by atoms with van der Waals surface area (Å²) in [6, 6.07) is 7.31. The number of rotatable bonds is 12. The molecule has 0 spiro atoms. The maximum absolute atomic E-state index is 14.0. The molecule has 1 unspecified atom stereocenters. The standard InChI is InChI=1S/C27H34Cl2N4O7S/c1-4-23(27(35)30-18-9-6-5-7-10-18)31(16-20-21(28)11-8-12-22(20)29)26(34)17-32(41(3,38)39)24-15-19(33(36)37)13-14-25(24)40-2/h8,11-15,18,23H,4-7,9-10,16-17H2,1-3H3,(H,30,35). The van der Waals surface area contributed by atoms with Gasteiger partial charge in [0.15, 0.2) is 0 Å². The smallest absolute Gasteiger partial charge is 0.271 e. The second kappa shape index (κ2) is 14.2. The normalized spacial score (nSPS) is 14.7. The summed E-state index contributed by atoms with van der Waals surface area (Å²) < 4.78 is 31.9. The van der Waals surface area contributed by atoms with Crippen molar-refractivity contribution < 1.29 is 27.7 Å². The van der Waals surface area contributed by atoms with Crippen molar-refractivity contribution in [3.05, 3.63) is 62.1 Å². The molecule has 2 amide bonds. The Morgan fingerprint density at radius 2 is 1.78 bits per heavy atom. The van der Waals surface area contributed by atoms with Crippen LogP contribution in [-0.4, -0.2) is 62.0 Å². The topological polar surface area (TPSA) is 139 Å². The number of hydrogen-bond acceptors (Lipinski definition) is 7. The molecule has 1 saturated carbocycles. The van der Waals surface area contributed by atoms with Crippen LogP contribution in [0.3, 0.4) is 0 Å². The van der Waals surface area contributed by atoms with Gasteiger partial charge < -0.3 is 15.0 Å². The lowest BCUT2D eigenvalue weighted by Crippen LogP contribution is -2.54. The molecule has 1 fully saturated rings. The fourth-order valence-electron chi connectivity index (χ4n) is 4.90. The number of hydrogen-bond donors (Lipinski definition) is 1. The first-order valence-corrected chi connectivity index (χ1v) is 15.8. The molecule has 1 N–H and O–H groups in total. The van der Waals surface area contributed by atoms with Crippen molar-refractivity contribution in [1.29, 1.82) is 0 Å². The Bertz CT molecular complexity index is 1360. The van der Waals surface area contributed by atoms with Gasteiger partial charge in [0.1, 0.15) is 24.0 Å². The number of methoxy groups -OCH3 is 1. The van der Waals surface area contributed by atoms with Crippen LogP contribution in [0.25, 0.3) is 0 Å². The van der Waals surface area contributed by atoms with Gasteiger partial charge in [0.25, 0.3) is 5.69 Å². The van der Waals surface area contributed by atoms with Crippen LogP contribution in [0, 0.1) is 10.1 Å². The maximum atomic E-state index is 14.0. The monoisotopic (exact) mass is 628 g/mol. The number of nitro benzene ring substituents is 1. The van der Waals surface area contributed by atoms with Gasteiger partial charge in [0, 0.05) is 40.3 Å². The molecule has 14 heteroatoms. The molecule has 224 valence electrons. The van der Waals surface area contributed by atoms with Crippen LogP contribution in [-0.2, 0) is 26.2 Å². The van der Waals surface area contributed by atoms with Crippen LogP contribution in [0.2, 0.25) is 10.0 Å². The summed E-state index contributed by atoms with van der Waals surface area (Å²) in [5.41, 5.74) is -0.181. The number of sulfonamides is 1. The SMILES string of the molecule is CCC(C(=O)NC1CCCCC1)N(Cc1c(Cl)cccc1Cl)C(=O)CN(c1cc([N+](=O)[O-])ccc1OC)S(C)(=O)=O. The lowest BCUT2D eigenvalue weighted by Gasteiger charge is -2.34. The summed E-state index contributed by atoms with van der Waals surface area (Å²) in [4.78, 5) is 39.5. The van der Waals surface area contributed by atoms with Crippen molar-refractivity contribution >= 4 is 56.4 Å². The van der Waals surface area contributed by atoms with Gasteiger partial charge in [-0.3, -0.25) is 24.0 Å². The molecule has 2 aromatic rings. The zero-order valence-corrected chi connectivity index (χ0v) is 25.5. The molecule has 1 atom stereocenters. The van der Waals surface area contributed by atoms with Crippen molar-refractivity contribution in [3.8, 4) is 5.75 Å². The molecular formula is C27H34Cl2N4O7S. The average molecular weight is 630 g/mol. The van der Waals surface area contributed by atoms with Crippen LogP contribution in [0.1, 0.15) is 51.0 Å². The van der Waals surface area contributed by atoms with Gasteiger partial charge in [-0.2, -0.15) is 0 Å².